The van der Waals surface area contributed by atoms with E-state index in [1.807, 2.05) is 26.0 Å². The summed E-state index contributed by atoms with van der Waals surface area (Å²) in [6, 6.07) is 12.5. The van der Waals surface area contributed by atoms with Gasteiger partial charge in [0.15, 0.2) is 0 Å². The molecule has 26 heavy (non-hydrogen) atoms. The zero-order valence-corrected chi connectivity index (χ0v) is 14.2. The van der Waals surface area contributed by atoms with Gasteiger partial charge in [-0.25, -0.2) is 4.98 Å². The summed E-state index contributed by atoms with van der Waals surface area (Å²) in [6.45, 7) is 4.02. The van der Waals surface area contributed by atoms with Crippen LogP contribution in [0.15, 0.2) is 54.7 Å². The summed E-state index contributed by atoms with van der Waals surface area (Å²) < 4.78 is 37.8. The molecule has 0 aliphatic heterocycles. The number of rotatable bonds is 4. The molecule has 2 N–H and O–H groups in total. The lowest BCUT2D eigenvalue weighted by molar-refractivity contribution is -0.137. The Labute approximate surface area is 149 Å². The van der Waals surface area contributed by atoms with Gasteiger partial charge in [-0.1, -0.05) is 6.07 Å². The van der Waals surface area contributed by atoms with Crippen molar-refractivity contribution < 1.29 is 13.2 Å². The fraction of sp³-hybridized carbons (Fsp3) is 0.158. The summed E-state index contributed by atoms with van der Waals surface area (Å²) >= 11 is 0. The number of anilines is 4. The molecule has 4 nitrogen and oxygen atoms in total. The van der Waals surface area contributed by atoms with Gasteiger partial charge in [-0.05, 0) is 67.4 Å². The smallest absolute Gasteiger partial charge is 0.340 e. The van der Waals surface area contributed by atoms with E-state index in [1.54, 1.807) is 12.3 Å². The van der Waals surface area contributed by atoms with Crippen LogP contribution in [0.1, 0.15) is 16.7 Å². The number of benzene rings is 2. The van der Waals surface area contributed by atoms with Gasteiger partial charge in [0, 0.05) is 17.6 Å². The zero-order valence-electron chi connectivity index (χ0n) is 14.2. The first kappa shape index (κ1) is 17.7. The molecule has 0 bridgehead atoms. The Bertz CT molecular complexity index is 885. The number of nitrogens with zero attached hydrogens (tertiary/aromatic N) is 2. The molecule has 2 aromatic carbocycles. The van der Waals surface area contributed by atoms with Gasteiger partial charge in [0.1, 0.15) is 5.82 Å². The van der Waals surface area contributed by atoms with Crippen LogP contribution >= 0.6 is 0 Å². The molecular weight excluding hydrogens is 341 g/mol. The van der Waals surface area contributed by atoms with Crippen LogP contribution < -0.4 is 10.6 Å². The standard InChI is InChI=1S/C19H17F3N4/c1-12-9-13(2)11-16(10-12)24-17-7-8-23-18(26-17)25-15-5-3-14(4-6-15)19(20,21)22/h3-11H,1-2H3,(H2,23,24,25,26). The van der Waals surface area contributed by atoms with Crippen molar-refractivity contribution in [1.82, 2.24) is 9.97 Å². The van der Waals surface area contributed by atoms with Gasteiger partial charge in [-0.15, -0.1) is 0 Å². The highest BCUT2D eigenvalue weighted by Gasteiger charge is 2.29. The Kier molecular flexibility index (Phi) is 4.79. The topological polar surface area (TPSA) is 49.8 Å². The lowest BCUT2D eigenvalue weighted by Crippen LogP contribution is -2.05. The van der Waals surface area contributed by atoms with Crippen molar-refractivity contribution in [2.24, 2.45) is 0 Å². The monoisotopic (exact) mass is 358 g/mol. The van der Waals surface area contributed by atoms with Crippen LogP contribution in [-0.2, 0) is 6.18 Å². The van der Waals surface area contributed by atoms with E-state index in [2.05, 4.69) is 26.7 Å². The van der Waals surface area contributed by atoms with Crippen molar-refractivity contribution in [2.75, 3.05) is 10.6 Å². The van der Waals surface area contributed by atoms with Gasteiger partial charge in [-0.3, -0.25) is 0 Å². The van der Waals surface area contributed by atoms with E-state index in [1.165, 1.54) is 12.1 Å². The van der Waals surface area contributed by atoms with Crippen LogP contribution in [0.25, 0.3) is 0 Å². The Morgan fingerprint density at radius 2 is 1.46 bits per heavy atom. The molecule has 7 heteroatoms. The average molecular weight is 358 g/mol. The molecule has 1 aromatic heterocycles. The highest BCUT2D eigenvalue weighted by atomic mass is 19.4. The molecule has 0 saturated heterocycles. The fourth-order valence-corrected chi connectivity index (χ4v) is 2.55. The fourth-order valence-electron chi connectivity index (χ4n) is 2.55. The number of alkyl halides is 3. The Balaban J connectivity index is 1.75. The summed E-state index contributed by atoms with van der Waals surface area (Å²) in [5.41, 5.74) is 2.94. The third-order valence-corrected chi connectivity index (χ3v) is 3.62. The van der Waals surface area contributed by atoms with E-state index in [-0.39, 0.29) is 0 Å². The van der Waals surface area contributed by atoms with E-state index in [0.717, 1.165) is 28.9 Å². The van der Waals surface area contributed by atoms with Crippen LogP contribution in [0, 0.1) is 13.8 Å². The minimum absolute atomic E-state index is 0.291. The number of aromatic nitrogens is 2. The van der Waals surface area contributed by atoms with Crippen LogP contribution in [0.3, 0.4) is 0 Å². The zero-order chi connectivity index (χ0) is 18.7. The maximum Gasteiger partial charge on any atom is 0.416 e. The van der Waals surface area contributed by atoms with Crippen LogP contribution in [-0.4, -0.2) is 9.97 Å². The Hall–Kier alpha value is -3.09. The molecule has 0 saturated carbocycles. The van der Waals surface area contributed by atoms with Gasteiger partial charge in [0.2, 0.25) is 5.95 Å². The molecule has 0 spiro atoms. The maximum absolute atomic E-state index is 12.6. The van der Waals surface area contributed by atoms with Crippen LogP contribution in [0.4, 0.5) is 36.3 Å². The van der Waals surface area contributed by atoms with Gasteiger partial charge >= 0.3 is 6.18 Å². The van der Waals surface area contributed by atoms with Crippen molar-refractivity contribution in [3.05, 3.63) is 71.4 Å². The number of aryl methyl sites for hydroxylation is 2. The van der Waals surface area contributed by atoms with Gasteiger partial charge in [0.25, 0.3) is 0 Å². The largest absolute Gasteiger partial charge is 0.416 e. The first-order chi connectivity index (χ1) is 12.3. The SMILES string of the molecule is Cc1cc(C)cc(Nc2ccnc(Nc3ccc(C(F)(F)F)cc3)n2)c1. The van der Waals surface area contributed by atoms with Crippen molar-refractivity contribution in [2.45, 2.75) is 20.0 Å². The van der Waals surface area contributed by atoms with Crippen LogP contribution in [0.5, 0.6) is 0 Å². The van der Waals surface area contributed by atoms with E-state index in [0.29, 0.717) is 17.5 Å². The summed E-state index contributed by atoms with van der Waals surface area (Å²) in [7, 11) is 0. The second kappa shape index (κ2) is 7.03. The van der Waals surface area contributed by atoms with Crippen molar-refractivity contribution in [3.8, 4) is 0 Å². The highest BCUT2D eigenvalue weighted by molar-refractivity contribution is 5.60. The quantitative estimate of drug-likeness (QED) is 0.637. The molecule has 0 aliphatic rings. The predicted octanol–water partition coefficient (Wildman–Crippen LogP) is 5.60. The Morgan fingerprint density at radius 3 is 2.08 bits per heavy atom. The molecule has 0 amide bonds. The summed E-state index contributed by atoms with van der Waals surface area (Å²) in [6.07, 6.45) is -2.78. The summed E-state index contributed by atoms with van der Waals surface area (Å²) in [4.78, 5) is 8.44. The van der Waals surface area contributed by atoms with Gasteiger partial charge in [0.05, 0.1) is 5.56 Å². The highest BCUT2D eigenvalue weighted by Crippen LogP contribution is 2.30. The predicted molar refractivity (Wildman–Crippen MR) is 96.0 cm³/mol. The van der Waals surface area contributed by atoms with E-state index >= 15 is 0 Å². The van der Waals surface area contributed by atoms with Crippen molar-refractivity contribution in [3.63, 3.8) is 0 Å². The minimum atomic E-state index is -4.36. The van der Waals surface area contributed by atoms with Crippen molar-refractivity contribution in [1.29, 1.82) is 0 Å². The molecule has 1 heterocycles. The van der Waals surface area contributed by atoms with Gasteiger partial charge < -0.3 is 10.6 Å². The lowest BCUT2D eigenvalue weighted by atomic mass is 10.1. The normalized spacial score (nSPS) is 11.3. The molecule has 3 rings (SSSR count). The molecule has 3 aromatic rings. The first-order valence-electron chi connectivity index (χ1n) is 7.92. The van der Waals surface area contributed by atoms with Crippen LogP contribution in [0.2, 0.25) is 0 Å². The van der Waals surface area contributed by atoms with E-state index in [4.69, 9.17) is 0 Å². The van der Waals surface area contributed by atoms with E-state index < -0.39 is 11.7 Å². The lowest BCUT2D eigenvalue weighted by Gasteiger charge is -2.11. The molecule has 0 fully saturated rings. The summed E-state index contributed by atoms with van der Waals surface area (Å²) in [5.74, 6) is 0.874. The van der Waals surface area contributed by atoms with Crippen molar-refractivity contribution >= 4 is 23.1 Å². The second-order valence-corrected chi connectivity index (χ2v) is 5.97. The molecule has 0 radical (unpaired) electrons. The molecule has 0 aliphatic carbocycles. The first-order valence-corrected chi connectivity index (χ1v) is 7.92. The average Bonchev–Trinajstić information content (AvgIpc) is 2.54. The third-order valence-electron chi connectivity index (χ3n) is 3.62. The molecule has 134 valence electrons. The number of halogens is 3. The number of nitrogens with one attached hydrogen (secondary N) is 2. The number of hydrogen-bond acceptors (Lipinski definition) is 4. The van der Waals surface area contributed by atoms with Gasteiger partial charge in [-0.2, -0.15) is 18.2 Å². The third kappa shape index (κ3) is 4.50. The molecule has 0 unspecified atom stereocenters. The summed E-state index contributed by atoms with van der Waals surface area (Å²) in [5, 5.41) is 6.10. The Morgan fingerprint density at radius 1 is 0.808 bits per heavy atom. The minimum Gasteiger partial charge on any atom is -0.340 e. The second-order valence-electron chi connectivity index (χ2n) is 5.97. The van der Waals surface area contributed by atoms with E-state index in [9.17, 15) is 13.2 Å². The maximum atomic E-state index is 12.6. The molecule has 0 atom stereocenters. The number of hydrogen-bond donors (Lipinski definition) is 2. The molecular formula is C19H17F3N4.